The number of benzene rings is 2. The number of hydrogen-bond donors (Lipinski definition) is 0. The Labute approximate surface area is 189 Å². The Morgan fingerprint density at radius 1 is 0.929 bits per heavy atom. The molecule has 28 heavy (non-hydrogen) atoms. The first-order valence-corrected chi connectivity index (χ1v) is 13.0. The van der Waals surface area contributed by atoms with Crippen LogP contribution in [-0.4, -0.2) is 6.88 Å². The molecule has 0 saturated heterocycles. The van der Waals surface area contributed by atoms with Crippen molar-refractivity contribution < 1.29 is 23.3 Å². The van der Waals surface area contributed by atoms with Crippen molar-refractivity contribution in [2.45, 2.75) is 27.7 Å². The fourth-order valence-corrected chi connectivity index (χ4v) is 3.25. The van der Waals surface area contributed by atoms with E-state index in [1.54, 1.807) is 0 Å². The zero-order valence-corrected chi connectivity index (χ0v) is 21.4. The molecule has 4 rings (SSSR count). The van der Waals surface area contributed by atoms with E-state index in [2.05, 4.69) is 107 Å². The van der Waals surface area contributed by atoms with Gasteiger partial charge in [-0.15, -0.1) is 41.5 Å². The van der Waals surface area contributed by atoms with Gasteiger partial charge in [-0.05, 0) is 5.56 Å². The molecule has 1 atom stereocenters. The fraction of sp³-hybridized carbons (Fsp3) is 0.192. The molecule has 0 aromatic heterocycles. The number of rotatable bonds is 1. The average Bonchev–Trinajstić information content (AvgIpc) is 3.17. The van der Waals surface area contributed by atoms with Crippen molar-refractivity contribution in [2.24, 2.45) is 5.92 Å². The van der Waals surface area contributed by atoms with Gasteiger partial charge in [0.2, 0.25) is 0 Å². The number of hydrogen-bond acceptors (Lipinski definition) is 0. The minimum atomic E-state index is 0. The van der Waals surface area contributed by atoms with Crippen molar-refractivity contribution in [3.8, 4) is 11.1 Å². The summed E-state index contributed by atoms with van der Waals surface area (Å²) in [5, 5.41) is 2.69. The van der Waals surface area contributed by atoms with Crippen LogP contribution in [-0.2, 0) is 23.3 Å². The van der Waals surface area contributed by atoms with Gasteiger partial charge in [-0.3, -0.25) is 6.08 Å². The predicted molar refractivity (Wildman–Crippen MR) is 124 cm³/mol. The maximum absolute atomic E-state index is 3.29. The number of allylic oxidation sites excluding steroid dienone is 4. The molecule has 0 nitrogen and oxygen atoms in total. The molecule has 3 aromatic rings. The summed E-state index contributed by atoms with van der Waals surface area (Å²) in [5.74, 6) is 0.551. The zero-order valence-electron chi connectivity index (χ0n) is 17.9. The molecular formula is C26H30SiZr-4. The third-order valence-corrected chi connectivity index (χ3v) is 4.52. The summed E-state index contributed by atoms with van der Waals surface area (Å²) in [6, 6.07) is 21.6. The van der Waals surface area contributed by atoms with Gasteiger partial charge in [-0.2, -0.15) is 12.1 Å². The van der Waals surface area contributed by atoms with E-state index >= 15 is 0 Å². The summed E-state index contributed by atoms with van der Waals surface area (Å²) in [5.41, 5.74) is 6.65. The normalized spacial score (nSPS) is 14.2. The van der Waals surface area contributed by atoms with E-state index in [9.17, 15) is 0 Å². The summed E-state index contributed by atoms with van der Waals surface area (Å²) in [7, 11) is 0. The van der Waals surface area contributed by atoms with Crippen LogP contribution in [0.1, 0.15) is 26.3 Å². The van der Waals surface area contributed by atoms with Gasteiger partial charge in [0.1, 0.15) is 0 Å². The van der Waals surface area contributed by atoms with Crippen LogP contribution in [0.3, 0.4) is 0 Å². The average molecular weight is 462 g/mol. The SMILES string of the molecule is CC1=[C-]C(C)C=C1C.Cc1cc2c(-c3ccccc3)cccc2[cH-]1.[CH3-].[CH3-].[Si]=[Zr]. The topological polar surface area (TPSA) is 0 Å². The van der Waals surface area contributed by atoms with Crippen LogP contribution in [0, 0.1) is 33.8 Å². The summed E-state index contributed by atoms with van der Waals surface area (Å²) >= 11 is 1.36. The van der Waals surface area contributed by atoms with Gasteiger partial charge in [0.25, 0.3) is 0 Å². The Morgan fingerprint density at radius 2 is 1.57 bits per heavy atom. The third-order valence-electron chi connectivity index (χ3n) is 4.52. The Bertz CT molecular complexity index is 898. The van der Waals surface area contributed by atoms with Gasteiger partial charge in [0.05, 0.1) is 0 Å². The molecule has 0 spiro atoms. The Kier molecular flexibility index (Phi) is 12.3. The third kappa shape index (κ3) is 6.90. The fourth-order valence-electron chi connectivity index (χ4n) is 3.25. The second kappa shape index (κ2) is 13.0. The van der Waals surface area contributed by atoms with Crippen LogP contribution in [0.2, 0.25) is 0 Å². The second-order valence-electron chi connectivity index (χ2n) is 6.61. The summed E-state index contributed by atoms with van der Waals surface area (Å²) < 4.78 is 0. The van der Waals surface area contributed by atoms with Crippen LogP contribution < -0.4 is 0 Å². The summed E-state index contributed by atoms with van der Waals surface area (Å²) in [6.07, 6.45) is 5.52. The monoisotopic (exact) mass is 460 g/mol. The molecule has 0 saturated carbocycles. The van der Waals surface area contributed by atoms with Crippen molar-refractivity contribution in [2.75, 3.05) is 0 Å². The Hall–Kier alpha value is -1.37. The second-order valence-corrected chi connectivity index (χ2v) is 6.61. The number of aryl methyl sites for hydroxylation is 1. The van der Waals surface area contributed by atoms with Crippen molar-refractivity contribution in [1.29, 1.82) is 0 Å². The van der Waals surface area contributed by atoms with Gasteiger partial charge in [0.15, 0.2) is 0 Å². The van der Waals surface area contributed by atoms with E-state index in [0.717, 1.165) is 0 Å². The van der Waals surface area contributed by atoms with Crippen LogP contribution >= 0.6 is 0 Å². The Morgan fingerprint density at radius 3 is 2.07 bits per heavy atom. The van der Waals surface area contributed by atoms with E-state index in [1.807, 2.05) is 0 Å². The van der Waals surface area contributed by atoms with Gasteiger partial charge in [-0.25, -0.2) is 11.1 Å². The molecule has 0 heterocycles. The summed E-state index contributed by atoms with van der Waals surface area (Å²) in [4.78, 5) is 0. The molecule has 0 fully saturated rings. The Balaban J connectivity index is 0.000000523. The maximum atomic E-state index is 3.29. The molecule has 2 radical (unpaired) electrons. The quantitative estimate of drug-likeness (QED) is 0.262. The van der Waals surface area contributed by atoms with Gasteiger partial charge in [-0.1, -0.05) is 68.7 Å². The minimum absolute atomic E-state index is 0. The number of fused-ring (bicyclic) bond motifs is 1. The first-order valence-electron chi connectivity index (χ1n) is 8.80. The summed E-state index contributed by atoms with van der Waals surface area (Å²) in [6.45, 7) is 11.6. The molecule has 1 aliphatic carbocycles. The van der Waals surface area contributed by atoms with E-state index in [0.29, 0.717) is 5.92 Å². The predicted octanol–water partition coefficient (Wildman–Crippen LogP) is 7.38. The molecule has 0 aliphatic heterocycles. The molecule has 2 heteroatoms. The van der Waals surface area contributed by atoms with Crippen molar-refractivity contribution in [1.82, 2.24) is 0 Å². The molecule has 3 aromatic carbocycles. The first kappa shape index (κ1) is 26.6. The van der Waals surface area contributed by atoms with E-state index in [-0.39, 0.29) is 14.9 Å². The van der Waals surface area contributed by atoms with Crippen LogP contribution in [0.25, 0.3) is 21.9 Å². The van der Waals surface area contributed by atoms with Gasteiger partial charge in [0, 0.05) is 0 Å². The standard InChI is InChI=1S/C16H13.C8H11.2CH3.Si.Zr/c1-12-10-14-8-5-9-15(16(14)11-12)13-6-3-2-4-7-13;1-6-4-7(2)8(3)5-6;;;;/h2-11H,1H3;4,6H,1-3H3;2*1H3;;/q4*-1;;. The van der Waals surface area contributed by atoms with Crippen LogP contribution in [0.4, 0.5) is 0 Å². The molecule has 146 valence electrons. The van der Waals surface area contributed by atoms with Gasteiger partial charge < -0.3 is 14.9 Å². The van der Waals surface area contributed by atoms with Crippen LogP contribution in [0.5, 0.6) is 0 Å². The van der Waals surface area contributed by atoms with E-state index in [4.69, 9.17) is 0 Å². The van der Waals surface area contributed by atoms with Crippen molar-refractivity contribution >= 4 is 17.7 Å². The first-order chi connectivity index (χ1) is 12.5. The molecular weight excluding hydrogens is 432 g/mol. The molecule has 0 N–H and O–H groups in total. The van der Waals surface area contributed by atoms with Crippen LogP contribution in [0.15, 0.2) is 77.9 Å². The van der Waals surface area contributed by atoms with Crippen molar-refractivity contribution in [3.63, 3.8) is 0 Å². The molecule has 0 amide bonds. The zero-order chi connectivity index (χ0) is 19.1. The van der Waals surface area contributed by atoms with E-state index < -0.39 is 0 Å². The van der Waals surface area contributed by atoms with Gasteiger partial charge >= 0.3 is 30.2 Å². The molecule has 1 unspecified atom stereocenters. The van der Waals surface area contributed by atoms with E-state index in [1.165, 1.54) is 61.9 Å². The molecule has 1 aliphatic rings. The van der Waals surface area contributed by atoms with Crippen molar-refractivity contribution in [3.05, 3.63) is 104 Å². The molecule has 0 bridgehead atoms.